The molecule has 0 bridgehead atoms. The molecule has 0 aromatic heterocycles. The molecule has 9 heteroatoms. The fraction of sp³-hybridized carbons (Fsp3) is 0.333. The zero-order chi connectivity index (χ0) is 14.0. The number of nitrogens with one attached hydrogen (secondary N) is 1. The summed E-state index contributed by atoms with van der Waals surface area (Å²) in [4.78, 5) is 0. The van der Waals surface area contributed by atoms with Gasteiger partial charge in [-0.25, -0.2) is 0 Å². The quantitative estimate of drug-likeness (QED) is 0.512. The fourth-order valence-corrected chi connectivity index (χ4v) is 4.68. The predicted molar refractivity (Wildman–Crippen MR) is 75.3 cm³/mol. The summed E-state index contributed by atoms with van der Waals surface area (Å²) in [6, 6.07) is 8.08. The lowest BCUT2D eigenvalue weighted by molar-refractivity contribution is 0.502. The summed E-state index contributed by atoms with van der Waals surface area (Å²) in [7, 11) is -1.39. The van der Waals surface area contributed by atoms with E-state index in [1.54, 1.807) is 30.3 Å². The molecule has 1 aromatic rings. The van der Waals surface area contributed by atoms with E-state index < -0.39 is 17.4 Å². The first kappa shape index (κ1) is 16.0. The Hall–Kier alpha value is -0.0500. The molecule has 1 atom stereocenters. The number of nitrogens with zero attached hydrogens (tertiary/aromatic N) is 1. The van der Waals surface area contributed by atoms with Gasteiger partial charge in [0, 0.05) is 19.2 Å². The van der Waals surface area contributed by atoms with Gasteiger partial charge < -0.3 is 0 Å². The van der Waals surface area contributed by atoms with Gasteiger partial charge in [-0.3, -0.25) is 0 Å². The van der Waals surface area contributed by atoms with Crippen molar-refractivity contribution in [2.45, 2.75) is 3.92 Å². The molecule has 0 aliphatic rings. The monoisotopic (exact) mass is 333 g/mol. The molecule has 4 nitrogen and oxygen atoms in total. The Morgan fingerprint density at radius 1 is 1.33 bits per heavy atom. The number of rotatable bonds is 5. The second-order valence-electron chi connectivity index (χ2n) is 3.40. The summed E-state index contributed by atoms with van der Waals surface area (Å²) in [6.45, 7) is 0. The van der Waals surface area contributed by atoms with Crippen molar-refractivity contribution in [2.75, 3.05) is 14.1 Å². The Bertz CT molecular complexity index is 507. The highest BCUT2D eigenvalue weighted by atomic mass is 35.5. The van der Waals surface area contributed by atoms with Crippen LogP contribution in [0.5, 0.6) is 0 Å². The van der Waals surface area contributed by atoms with Gasteiger partial charge in [-0.15, -0.1) is 3.29 Å². The number of hydrogen-bond donors (Lipinski definition) is 1. The Morgan fingerprint density at radius 3 is 2.22 bits per heavy atom. The third-order valence-electron chi connectivity index (χ3n) is 2.22. The number of hydrogen-bond acceptors (Lipinski definition) is 3. The first-order valence-corrected chi connectivity index (χ1v) is 7.72. The molecule has 0 aliphatic heterocycles. The van der Waals surface area contributed by atoms with E-state index >= 15 is 0 Å². The Labute approximate surface area is 120 Å². The van der Waals surface area contributed by atoms with Gasteiger partial charge in [0.25, 0.3) is 0 Å². The van der Waals surface area contributed by atoms with Crippen molar-refractivity contribution >= 4 is 51.0 Å². The predicted octanol–water partition coefficient (Wildman–Crippen LogP) is 2.79. The number of para-hydroxylation sites is 1. The van der Waals surface area contributed by atoms with Crippen LogP contribution in [0.25, 0.3) is 0 Å². The third kappa shape index (κ3) is 3.49. The van der Waals surface area contributed by atoms with Gasteiger partial charge in [-0.05, 0) is 23.2 Å². The van der Waals surface area contributed by atoms with Crippen LogP contribution in [0.1, 0.15) is 0 Å². The van der Waals surface area contributed by atoms with Gasteiger partial charge in [-0.2, -0.15) is 17.5 Å². The van der Waals surface area contributed by atoms with Gasteiger partial charge in [-0.1, -0.05) is 18.2 Å². The average molecular weight is 334 g/mol. The minimum absolute atomic E-state index is 0.240. The average Bonchev–Trinajstić information content (AvgIpc) is 2.27. The van der Waals surface area contributed by atoms with Crippen molar-refractivity contribution in [3.63, 3.8) is 0 Å². The smallest absolute Gasteiger partial charge is 0.189 e. The topological polar surface area (TPSA) is 46.2 Å². The summed E-state index contributed by atoms with van der Waals surface area (Å²) in [6.07, 6.45) is 0. The van der Waals surface area contributed by atoms with Gasteiger partial charge in [0.05, 0.1) is 0 Å². The summed E-state index contributed by atoms with van der Waals surface area (Å²) in [5.74, 6) is 0. The normalized spacial score (nSPS) is 16.3. The van der Waals surface area contributed by atoms with Crippen LogP contribution in [0, 0.1) is 0 Å². The first-order valence-electron chi connectivity index (χ1n) is 4.76. The molecule has 0 heterocycles. The SMILES string of the molecule is CNS(=O)(=O)[N+](C)(SC(F)(Cl)Cl)c1ccccc1. The molecule has 18 heavy (non-hydrogen) atoms. The van der Waals surface area contributed by atoms with Crippen molar-refractivity contribution < 1.29 is 12.8 Å². The number of alkyl halides is 3. The lowest BCUT2D eigenvalue weighted by Gasteiger charge is -2.30. The molecule has 1 unspecified atom stereocenters. The fourth-order valence-electron chi connectivity index (χ4n) is 1.31. The third-order valence-corrected chi connectivity index (χ3v) is 5.86. The van der Waals surface area contributed by atoms with Crippen molar-refractivity contribution in [1.29, 1.82) is 0 Å². The zero-order valence-corrected chi connectivity index (χ0v) is 12.7. The second-order valence-corrected chi connectivity index (χ2v) is 8.88. The standard InChI is InChI=1S/C9H12Cl2FN2O2S2/c1-13-18(15,16)14(2,17-9(10,11)12)8-6-4-3-5-7-8/h3-7,13H,1-2H3/q+1. The first-order chi connectivity index (χ1) is 8.12. The Kier molecular flexibility index (Phi) is 4.91. The van der Waals surface area contributed by atoms with Gasteiger partial charge in [0.2, 0.25) is 0 Å². The van der Waals surface area contributed by atoms with Crippen LogP contribution >= 0.6 is 35.1 Å². The minimum Gasteiger partial charge on any atom is -0.189 e. The maximum absolute atomic E-state index is 13.4. The highest BCUT2D eigenvalue weighted by Gasteiger charge is 2.49. The zero-order valence-electron chi connectivity index (χ0n) is 9.60. The maximum atomic E-state index is 13.4. The van der Waals surface area contributed by atoms with Crippen LogP contribution in [0.4, 0.5) is 10.1 Å². The molecule has 0 amide bonds. The molecule has 0 spiro atoms. The van der Waals surface area contributed by atoms with Gasteiger partial charge in [0.15, 0.2) is 17.6 Å². The lowest BCUT2D eigenvalue weighted by atomic mass is 10.3. The summed E-state index contributed by atoms with van der Waals surface area (Å²) in [5, 5.41) is 0. The van der Waals surface area contributed by atoms with Crippen LogP contribution < -0.4 is 8.02 Å². The second kappa shape index (κ2) is 5.52. The molecule has 0 saturated carbocycles. The lowest BCUT2D eigenvalue weighted by Crippen LogP contribution is -2.51. The molecule has 1 N–H and O–H groups in total. The largest absolute Gasteiger partial charge is 0.385 e. The molecule has 0 aliphatic carbocycles. The summed E-state index contributed by atoms with van der Waals surface area (Å²) in [5.41, 5.74) is 0.320. The molecule has 0 radical (unpaired) electrons. The van der Waals surface area contributed by atoms with Gasteiger partial charge >= 0.3 is 14.1 Å². The highest BCUT2D eigenvalue weighted by Crippen LogP contribution is 2.46. The van der Waals surface area contributed by atoms with E-state index in [4.69, 9.17) is 23.2 Å². The Balaban J connectivity index is 3.36. The van der Waals surface area contributed by atoms with Crippen LogP contribution in [0.3, 0.4) is 0 Å². The highest BCUT2D eigenvalue weighted by molar-refractivity contribution is 8.13. The molecule has 1 rings (SSSR count). The van der Waals surface area contributed by atoms with E-state index in [1.165, 1.54) is 14.1 Å². The summed E-state index contributed by atoms with van der Waals surface area (Å²) < 4.78 is 36.1. The summed E-state index contributed by atoms with van der Waals surface area (Å²) >= 11 is 10.8. The van der Waals surface area contributed by atoms with E-state index in [0.29, 0.717) is 5.69 Å². The molecule has 0 fully saturated rings. The van der Waals surface area contributed by atoms with Crippen LogP contribution in [-0.4, -0.2) is 26.4 Å². The maximum Gasteiger partial charge on any atom is 0.385 e. The van der Waals surface area contributed by atoms with E-state index in [0.717, 1.165) is 0 Å². The van der Waals surface area contributed by atoms with Crippen molar-refractivity contribution in [2.24, 2.45) is 0 Å². The molecule has 0 saturated heterocycles. The molecule has 102 valence electrons. The van der Waals surface area contributed by atoms with E-state index in [1.807, 2.05) is 0 Å². The molecular formula is C9H12Cl2FN2O2S2+. The number of quaternary nitrogens is 1. The van der Waals surface area contributed by atoms with Crippen molar-refractivity contribution in [3.8, 4) is 0 Å². The number of benzene rings is 1. The van der Waals surface area contributed by atoms with Crippen molar-refractivity contribution in [1.82, 2.24) is 8.02 Å². The minimum atomic E-state index is -3.90. The Morgan fingerprint density at radius 2 is 1.83 bits per heavy atom. The van der Waals surface area contributed by atoms with E-state index in [-0.39, 0.29) is 11.9 Å². The van der Waals surface area contributed by atoms with E-state index in [2.05, 4.69) is 4.72 Å². The van der Waals surface area contributed by atoms with Crippen molar-refractivity contribution in [3.05, 3.63) is 30.3 Å². The van der Waals surface area contributed by atoms with Crippen LogP contribution in [0.15, 0.2) is 30.3 Å². The van der Waals surface area contributed by atoms with Crippen LogP contribution in [0.2, 0.25) is 0 Å². The van der Waals surface area contributed by atoms with Crippen LogP contribution in [-0.2, 0) is 10.2 Å². The molecular weight excluding hydrogens is 322 g/mol. The molecule has 1 aromatic carbocycles. The van der Waals surface area contributed by atoms with Gasteiger partial charge in [0.1, 0.15) is 7.05 Å². The number of halogens is 3. The van der Waals surface area contributed by atoms with E-state index in [9.17, 15) is 12.8 Å².